The first-order valence-electron chi connectivity index (χ1n) is 8.42. The standard InChI is InChI=1S/C18H21N3O3/c1-20-14-6-3-2-5-13(14)19-15(16(20)22)17(23)21-9-4-7-18(11-21)8-10-24-12-18/h2-3,5-6H,4,7-12H2,1H3/t18-/m1/s1. The van der Waals surface area contributed by atoms with E-state index in [1.807, 2.05) is 24.3 Å². The van der Waals surface area contributed by atoms with Crippen LogP contribution < -0.4 is 5.56 Å². The molecule has 1 aromatic heterocycles. The summed E-state index contributed by atoms with van der Waals surface area (Å²) in [6.45, 7) is 2.81. The van der Waals surface area contributed by atoms with Gasteiger partial charge in [-0.25, -0.2) is 4.98 Å². The van der Waals surface area contributed by atoms with E-state index >= 15 is 0 Å². The molecule has 2 aliphatic heterocycles. The minimum atomic E-state index is -0.332. The number of aromatic nitrogens is 2. The van der Waals surface area contributed by atoms with Crippen molar-refractivity contribution in [2.45, 2.75) is 19.3 Å². The van der Waals surface area contributed by atoms with Crippen molar-refractivity contribution in [1.29, 1.82) is 0 Å². The molecule has 1 amide bonds. The van der Waals surface area contributed by atoms with E-state index in [4.69, 9.17) is 4.74 Å². The van der Waals surface area contributed by atoms with Crippen LogP contribution in [0, 0.1) is 5.41 Å². The van der Waals surface area contributed by atoms with Crippen molar-refractivity contribution in [1.82, 2.24) is 14.5 Å². The van der Waals surface area contributed by atoms with E-state index in [0.29, 0.717) is 25.2 Å². The zero-order valence-corrected chi connectivity index (χ0v) is 13.8. The summed E-state index contributed by atoms with van der Waals surface area (Å²) in [5.41, 5.74) is 1.15. The molecule has 0 saturated carbocycles. The van der Waals surface area contributed by atoms with E-state index in [0.717, 1.165) is 31.4 Å². The van der Waals surface area contributed by atoms with Crippen molar-refractivity contribution in [3.8, 4) is 0 Å². The Kier molecular flexibility index (Phi) is 3.64. The first kappa shape index (κ1) is 15.3. The van der Waals surface area contributed by atoms with Gasteiger partial charge in [0, 0.05) is 32.2 Å². The van der Waals surface area contributed by atoms with Crippen molar-refractivity contribution in [2.24, 2.45) is 12.5 Å². The fourth-order valence-corrected chi connectivity index (χ4v) is 3.92. The number of ether oxygens (including phenoxy) is 1. The van der Waals surface area contributed by atoms with Crippen LogP contribution in [-0.4, -0.2) is 46.7 Å². The van der Waals surface area contributed by atoms with Crippen LogP contribution >= 0.6 is 0 Å². The number of nitrogens with zero attached hydrogens (tertiary/aromatic N) is 3. The van der Waals surface area contributed by atoms with Crippen LogP contribution in [0.3, 0.4) is 0 Å². The summed E-state index contributed by atoms with van der Waals surface area (Å²) in [5, 5.41) is 0. The first-order valence-corrected chi connectivity index (χ1v) is 8.42. The highest BCUT2D eigenvalue weighted by molar-refractivity contribution is 5.94. The molecule has 24 heavy (non-hydrogen) atoms. The Labute approximate surface area is 140 Å². The predicted molar refractivity (Wildman–Crippen MR) is 90.0 cm³/mol. The number of hydrogen-bond acceptors (Lipinski definition) is 4. The molecule has 3 heterocycles. The summed E-state index contributed by atoms with van der Waals surface area (Å²) >= 11 is 0. The molecular weight excluding hydrogens is 306 g/mol. The molecule has 0 aliphatic carbocycles. The Morgan fingerprint density at radius 2 is 2.12 bits per heavy atom. The lowest BCUT2D eigenvalue weighted by Crippen LogP contribution is -2.48. The quantitative estimate of drug-likeness (QED) is 0.798. The normalized spacial score (nSPS) is 24.0. The maximum Gasteiger partial charge on any atom is 0.282 e. The van der Waals surface area contributed by atoms with Crippen LogP contribution in [0.1, 0.15) is 29.8 Å². The minimum Gasteiger partial charge on any atom is -0.381 e. The predicted octanol–water partition coefficient (Wildman–Crippen LogP) is 1.58. The lowest BCUT2D eigenvalue weighted by atomic mass is 9.79. The van der Waals surface area contributed by atoms with Crippen molar-refractivity contribution in [2.75, 3.05) is 26.3 Å². The first-order chi connectivity index (χ1) is 11.6. The largest absolute Gasteiger partial charge is 0.381 e. The highest BCUT2D eigenvalue weighted by atomic mass is 16.5. The van der Waals surface area contributed by atoms with Gasteiger partial charge < -0.3 is 14.2 Å². The van der Waals surface area contributed by atoms with Crippen molar-refractivity contribution in [3.05, 3.63) is 40.3 Å². The monoisotopic (exact) mass is 327 g/mol. The van der Waals surface area contributed by atoms with Gasteiger partial charge in [-0.1, -0.05) is 12.1 Å². The number of amides is 1. The maximum atomic E-state index is 13.0. The van der Waals surface area contributed by atoms with E-state index in [-0.39, 0.29) is 22.6 Å². The maximum absolute atomic E-state index is 13.0. The molecule has 0 bridgehead atoms. The van der Waals surface area contributed by atoms with Gasteiger partial charge in [0.25, 0.3) is 11.5 Å². The number of benzene rings is 1. The van der Waals surface area contributed by atoms with Crippen LogP contribution in [0.2, 0.25) is 0 Å². The molecule has 126 valence electrons. The van der Waals surface area contributed by atoms with Crippen LogP contribution in [0.5, 0.6) is 0 Å². The van der Waals surface area contributed by atoms with Crippen LogP contribution in [0.4, 0.5) is 0 Å². The van der Waals surface area contributed by atoms with Gasteiger partial charge in [0.2, 0.25) is 0 Å². The lowest BCUT2D eigenvalue weighted by Gasteiger charge is -2.39. The van der Waals surface area contributed by atoms with E-state index in [1.54, 1.807) is 11.9 Å². The fraction of sp³-hybridized carbons (Fsp3) is 0.500. The Morgan fingerprint density at radius 3 is 2.92 bits per heavy atom. The summed E-state index contributed by atoms with van der Waals surface area (Å²) < 4.78 is 7.06. The molecule has 4 rings (SSSR count). The molecule has 0 N–H and O–H groups in total. The number of carbonyl (C=O) groups excluding carboxylic acids is 1. The van der Waals surface area contributed by atoms with Crippen molar-refractivity contribution in [3.63, 3.8) is 0 Å². The molecule has 1 spiro atoms. The highest BCUT2D eigenvalue weighted by Crippen LogP contribution is 2.37. The number of fused-ring (bicyclic) bond motifs is 1. The highest BCUT2D eigenvalue weighted by Gasteiger charge is 2.41. The Balaban J connectivity index is 1.70. The average molecular weight is 327 g/mol. The van der Waals surface area contributed by atoms with Gasteiger partial charge in [-0.15, -0.1) is 0 Å². The van der Waals surface area contributed by atoms with Gasteiger partial charge in [-0.2, -0.15) is 0 Å². The molecule has 0 unspecified atom stereocenters. The fourth-order valence-electron chi connectivity index (χ4n) is 3.92. The number of aryl methyl sites for hydroxylation is 1. The summed E-state index contributed by atoms with van der Waals surface area (Å²) in [7, 11) is 1.69. The van der Waals surface area contributed by atoms with E-state index < -0.39 is 0 Å². The van der Waals surface area contributed by atoms with Crippen LogP contribution in [0.15, 0.2) is 29.1 Å². The van der Waals surface area contributed by atoms with Gasteiger partial charge >= 0.3 is 0 Å². The third-order valence-electron chi connectivity index (χ3n) is 5.32. The molecule has 2 aliphatic rings. The Bertz CT molecular complexity index is 852. The minimum absolute atomic E-state index is 0.0205. The van der Waals surface area contributed by atoms with Gasteiger partial charge in [0.1, 0.15) is 0 Å². The Hall–Kier alpha value is -2.21. The molecule has 2 aromatic rings. The molecule has 6 nitrogen and oxygen atoms in total. The molecule has 0 radical (unpaired) electrons. The molecular formula is C18H21N3O3. The lowest BCUT2D eigenvalue weighted by molar-refractivity contribution is 0.0456. The second-order valence-corrected chi connectivity index (χ2v) is 6.95. The number of hydrogen-bond donors (Lipinski definition) is 0. The van der Waals surface area contributed by atoms with Gasteiger partial charge in [0.15, 0.2) is 5.69 Å². The third-order valence-corrected chi connectivity index (χ3v) is 5.32. The second-order valence-electron chi connectivity index (χ2n) is 6.95. The van der Waals surface area contributed by atoms with E-state index in [2.05, 4.69) is 4.98 Å². The summed E-state index contributed by atoms with van der Waals surface area (Å²) in [5.74, 6) is -0.257. The van der Waals surface area contributed by atoms with Crippen LogP contribution in [0.25, 0.3) is 11.0 Å². The number of para-hydroxylation sites is 2. The zero-order valence-electron chi connectivity index (χ0n) is 13.8. The van der Waals surface area contributed by atoms with Gasteiger partial charge in [0.05, 0.1) is 17.6 Å². The Morgan fingerprint density at radius 1 is 1.29 bits per heavy atom. The van der Waals surface area contributed by atoms with Crippen LogP contribution in [-0.2, 0) is 11.8 Å². The van der Waals surface area contributed by atoms with E-state index in [1.165, 1.54) is 4.57 Å². The van der Waals surface area contributed by atoms with Crippen molar-refractivity contribution >= 4 is 16.9 Å². The van der Waals surface area contributed by atoms with Gasteiger partial charge in [-0.05, 0) is 31.4 Å². The zero-order chi connectivity index (χ0) is 16.7. The third kappa shape index (κ3) is 2.41. The number of likely N-dealkylation sites (tertiary alicyclic amines) is 1. The summed E-state index contributed by atoms with van der Waals surface area (Å²) in [6, 6.07) is 7.39. The number of carbonyl (C=O) groups is 1. The second kappa shape index (κ2) is 5.70. The number of piperidine rings is 1. The van der Waals surface area contributed by atoms with Gasteiger partial charge in [-0.3, -0.25) is 9.59 Å². The van der Waals surface area contributed by atoms with Crippen molar-refractivity contribution < 1.29 is 9.53 Å². The topological polar surface area (TPSA) is 64.4 Å². The molecule has 2 saturated heterocycles. The summed E-state index contributed by atoms with van der Waals surface area (Å²) in [4.78, 5) is 31.7. The molecule has 6 heteroatoms. The SMILES string of the molecule is Cn1c(=O)c(C(=O)N2CCC[C@@]3(CCOC3)C2)nc2ccccc21. The summed E-state index contributed by atoms with van der Waals surface area (Å²) in [6.07, 6.45) is 3.02. The average Bonchev–Trinajstić information content (AvgIpc) is 3.05. The smallest absolute Gasteiger partial charge is 0.282 e. The number of rotatable bonds is 1. The molecule has 2 fully saturated rings. The van der Waals surface area contributed by atoms with E-state index in [9.17, 15) is 9.59 Å². The molecule has 1 aromatic carbocycles. The molecule has 1 atom stereocenters.